The minimum Gasteiger partial charge on any atom is -0.478 e. The number of anilines is 2. The highest BCUT2D eigenvalue weighted by Gasteiger charge is 2.15. The number of carbonyl (C=O) groups excluding carboxylic acids is 1. The van der Waals surface area contributed by atoms with Crippen LogP contribution in [0.25, 0.3) is 0 Å². The summed E-state index contributed by atoms with van der Waals surface area (Å²) in [6.45, 7) is 0. The van der Waals surface area contributed by atoms with Gasteiger partial charge in [0.2, 0.25) is 0 Å². The van der Waals surface area contributed by atoms with Crippen LogP contribution in [0.5, 0.6) is 0 Å². The Hall–Kier alpha value is -2.35. The van der Waals surface area contributed by atoms with E-state index in [2.05, 4.69) is 31.7 Å². The van der Waals surface area contributed by atoms with Crippen LogP contribution in [0.2, 0.25) is 0 Å². The summed E-state index contributed by atoms with van der Waals surface area (Å²) < 4.78 is 2.02. The molecule has 0 bridgehead atoms. The largest absolute Gasteiger partial charge is 0.478 e. The van der Waals surface area contributed by atoms with E-state index >= 15 is 0 Å². The Morgan fingerprint density at radius 1 is 1.30 bits per heavy atom. The van der Waals surface area contributed by atoms with Crippen molar-refractivity contribution in [2.24, 2.45) is 7.05 Å². The molecule has 0 aliphatic heterocycles. The van der Waals surface area contributed by atoms with Crippen molar-refractivity contribution in [3.63, 3.8) is 0 Å². The zero-order valence-corrected chi connectivity index (χ0v) is 12.0. The predicted octanol–water partition coefficient (Wildman–Crippen LogP) is 2.52. The van der Waals surface area contributed by atoms with Crippen molar-refractivity contribution in [3.8, 4) is 0 Å². The van der Waals surface area contributed by atoms with Crippen LogP contribution >= 0.6 is 15.9 Å². The van der Waals surface area contributed by atoms with E-state index < -0.39 is 12.0 Å². The second-order valence-corrected chi connectivity index (χ2v) is 4.78. The first-order valence-electron chi connectivity index (χ1n) is 5.57. The molecule has 1 aromatic carbocycles. The van der Waals surface area contributed by atoms with Gasteiger partial charge in [0, 0.05) is 23.8 Å². The van der Waals surface area contributed by atoms with Gasteiger partial charge >= 0.3 is 12.0 Å². The number of urea groups is 1. The molecular formula is C12H11BrN4O3. The number of aromatic nitrogens is 2. The average molecular weight is 339 g/mol. The number of amides is 2. The molecule has 104 valence electrons. The quantitative estimate of drug-likeness (QED) is 0.801. The molecule has 0 aliphatic rings. The van der Waals surface area contributed by atoms with E-state index in [0.29, 0.717) is 10.3 Å². The maximum atomic E-state index is 11.8. The summed E-state index contributed by atoms with van der Waals surface area (Å²) in [4.78, 5) is 22.9. The van der Waals surface area contributed by atoms with Crippen LogP contribution in [0.3, 0.4) is 0 Å². The van der Waals surface area contributed by atoms with Crippen LogP contribution in [0, 0.1) is 0 Å². The summed E-state index contributed by atoms with van der Waals surface area (Å²) in [6.07, 6.45) is 1.68. The van der Waals surface area contributed by atoms with E-state index in [1.54, 1.807) is 31.4 Å². The molecule has 20 heavy (non-hydrogen) atoms. The number of carboxylic acids is 1. The van der Waals surface area contributed by atoms with Crippen molar-refractivity contribution in [2.45, 2.75) is 0 Å². The van der Waals surface area contributed by atoms with Crippen LogP contribution < -0.4 is 10.6 Å². The molecule has 2 rings (SSSR count). The summed E-state index contributed by atoms with van der Waals surface area (Å²) >= 11 is 3.21. The van der Waals surface area contributed by atoms with Gasteiger partial charge in [-0.05, 0) is 28.1 Å². The molecule has 0 fully saturated rings. The number of nitrogens with zero attached hydrogens (tertiary/aromatic N) is 2. The fourth-order valence-corrected chi connectivity index (χ4v) is 2.04. The number of carboxylic acid groups (broad SMARTS) is 1. The third-order valence-electron chi connectivity index (χ3n) is 2.44. The highest BCUT2D eigenvalue weighted by molar-refractivity contribution is 9.10. The van der Waals surface area contributed by atoms with E-state index in [4.69, 9.17) is 5.11 Å². The van der Waals surface area contributed by atoms with Gasteiger partial charge in [-0.25, -0.2) is 9.59 Å². The maximum Gasteiger partial charge on any atom is 0.337 e. The number of nitrogens with one attached hydrogen (secondary N) is 2. The number of rotatable bonds is 3. The van der Waals surface area contributed by atoms with Crippen molar-refractivity contribution in [3.05, 3.63) is 40.5 Å². The number of hydrogen-bond acceptors (Lipinski definition) is 3. The molecule has 0 radical (unpaired) electrons. The molecule has 7 nitrogen and oxygen atoms in total. The van der Waals surface area contributed by atoms with E-state index in [-0.39, 0.29) is 11.3 Å². The van der Waals surface area contributed by atoms with Crippen molar-refractivity contribution in [2.75, 3.05) is 10.6 Å². The lowest BCUT2D eigenvalue weighted by atomic mass is 10.2. The van der Waals surface area contributed by atoms with E-state index in [1.807, 2.05) is 0 Å². The van der Waals surface area contributed by atoms with E-state index in [1.165, 1.54) is 10.7 Å². The molecule has 2 amide bonds. The first-order chi connectivity index (χ1) is 9.47. The summed E-state index contributed by atoms with van der Waals surface area (Å²) in [5, 5.41) is 18.1. The lowest BCUT2D eigenvalue weighted by Crippen LogP contribution is -2.21. The van der Waals surface area contributed by atoms with Crippen LogP contribution in [-0.4, -0.2) is 26.9 Å². The Morgan fingerprint density at radius 3 is 2.65 bits per heavy atom. The molecule has 2 aromatic rings. The molecule has 8 heteroatoms. The number of benzene rings is 1. The Labute approximate surface area is 122 Å². The number of hydrogen-bond donors (Lipinski definition) is 3. The molecule has 0 aliphatic carbocycles. The summed E-state index contributed by atoms with van der Waals surface area (Å²) in [5.41, 5.74) is 0.184. The van der Waals surface area contributed by atoms with Crippen molar-refractivity contribution in [1.82, 2.24) is 9.78 Å². The van der Waals surface area contributed by atoms with Gasteiger partial charge < -0.3 is 10.4 Å². The Balaban J connectivity index is 2.17. The molecule has 1 aromatic heterocycles. The molecule has 0 unspecified atom stereocenters. The fraction of sp³-hybridized carbons (Fsp3) is 0.0833. The lowest BCUT2D eigenvalue weighted by molar-refractivity contribution is 0.0698. The van der Waals surface area contributed by atoms with Gasteiger partial charge in [0.15, 0.2) is 5.82 Å². The third-order valence-corrected chi connectivity index (χ3v) is 3.10. The summed E-state index contributed by atoms with van der Waals surface area (Å²) in [5.74, 6) is -0.756. The van der Waals surface area contributed by atoms with Crippen LogP contribution in [0.15, 0.2) is 34.9 Å². The monoisotopic (exact) mass is 338 g/mol. The molecule has 0 atom stereocenters. The van der Waals surface area contributed by atoms with Crippen LogP contribution in [0.4, 0.5) is 16.3 Å². The zero-order valence-electron chi connectivity index (χ0n) is 10.4. The minimum atomic E-state index is -1.13. The first-order valence-corrected chi connectivity index (χ1v) is 6.36. The molecular weight excluding hydrogens is 328 g/mol. The summed E-state index contributed by atoms with van der Waals surface area (Å²) in [7, 11) is 1.72. The van der Waals surface area contributed by atoms with Crippen LogP contribution in [0.1, 0.15) is 10.4 Å². The van der Waals surface area contributed by atoms with Gasteiger partial charge in [0.25, 0.3) is 0 Å². The van der Waals surface area contributed by atoms with Crippen molar-refractivity contribution in [1.29, 1.82) is 0 Å². The Morgan fingerprint density at radius 2 is 2.05 bits per heavy atom. The second kappa shape index (κ2) is 5.74. The van der Waals surface area contributed by atoms with Gasteiger partial charge in [0.1, 0.15) is 0 Å². The number of halogens is 1. The van der Waals surface area contributed by atoms with Crippen molar-refractivity contribution < 1.29 is 14.7 Å². The van der Waals surface area contributed by atoms with Gasteiger partial charge in [-0.3, -0.25) is 10.00 Å². The molecule has 0 saturated carbocycles. The average Bonchev–Trinajstić information content (AvgIpc) is 2.77. The fourth-order valence-electron chi connectivity index (χ4n) is 1.57. The maximum absolute atomic E-state index is 11.8. The Bertz CT molecular complexity index is 668. The molecule has 3 N–H and O–H groups in total. The number of aryl methyl sites for hydroxylation is 1. The number of carbonyl (C=O) groups is 2. The highest BCUT2D eigenvalue weighted by atomic mass is 79.9. The Kier molecular flexibility index (Phi) is 4.04. The first kappa shape index (κ1) is 14.1. The molecule has 0 saturated heterocycles. The second-order valence-electron chi connectivity index (χ2n) is 3.92. The summed E-state index contributed by atoms with van der Waals surface area (Å²) in [6, 6.07) is 5.68. The topological polar surface area (TPSA) is 96.2 Å². The predicted molar refractivity (Wildman–Crippen MR) is 77.0 cm³/mol. The lowest BCUT2D eigenvalue weighted by Gasteiger charge is -2.10. The van der Waals surface area contributed by atoms with E-state index in [9.17, 15) is 9.59 Å². The van der Waals surface area contributed by atoms with Crippen molar-refractivity contribution >= 4 is 39.4 Å². The minimum absolute atomic E-state index is 0.00412. The zero-order chi connectivity index (χ0) is 14.7. The number of aromatic carboxylic acids is 1. The van der Waals surface area contributed by atoms with Gasteiger partial charge in [-0.2, -0.15) is 5.10 Å². The smallest absolute Gasteiger partial charge is 0.337 e. The van der Waals surface area contributed by atoms with Crippen LogP contribution in [-0.2, 0) is 7.05 Å². The SMILES string of the molecule is Cn1ccc(NC(=O)Nc2c(Br)cccc2C(=O)O)n1. The highest BCUT2D eigenvalue weighted by Crippen LogP contribution is 2.26. The third kappa shape index (κ3) is 3.15. The number of para-hydroxylation sites is 1. The normalized spacial score (nSPS) is 10.1. The van der Waals surface area contributed by atoms with Gasteiger partial charge in [-0.1, -0.05) is 6.07 Å². The van der Waals surface area contributed by atoms with Gasteiger partial charge in [-0.15, -0.1) is 0 Å². The standard InChI is InChI=1S/C12H11BrN4O3/c1-17-6-5-9(16-17)14-12(20)15-10-7(11(18)19)3-2-4-8(10)13/h2-6H,1H3,(H,18,19)(H2,14,15,16,20). The molecule has 0 spiro atoms. The molecule has 1 heterocycles. The van der Waals surface area contributed by atoms with E-state index in [0.717, 1.165) is 0 Å². The van der Waals surface area contributed by atoms with Gasteiger partial charge in [0.05, 0.1) is 11.3 Å².